The van der Waals surface area contributed by atoms with Crippen LogP contribution in [0.1, 0.15) is 200 Å². The summed E-state index contributed by atoms with van der Waals surface area (Å²) in [5.74, 6) is -0.176. The maximum Gasteiger partial charge on any atom is 0.220 e. The molecule has 1 fully saturated rings. The van der Waals surface area contributed by atoms with Crippen molar-refractivity contribution in [1.29, 1.82) is 0 Å². The summed E-state index contributed by atoms with van der Waals surface area (Å²) >= 11 is 0. The number of amides is 1. The summed E-state index contributed by atoms with van der Waals surface area (Å²) in [7, 11) is 0. The van der Waals surface area contributed by atoms with E-state index in [-0.39, 0.29) is 12.5 Å². The van der Waals surface area contributed by atoms with Gasteiger partial charge in [-0.2, -0.15) is 0 Å². The average molecular weight is 742 g/mol. The molecule has 52 heavy (non-hydrogen) atoms. The molecule has 308 valence electrons. The van der Waals surface area contributed by atoms with Gasteiger partial charge in [0.15, 0.2) is 6.29 Å². The number of allylic oxidation sites excluding steroid dienone is 1. The molecule has 1 rings (SSSR count). The topological polar surface area (TPSA) is 149 Å². The molecule has 9 heteroatoms. The van der Waals surface area contributed by atoms with Gasteiger partial charge in [0, 0.05) is 6.42 Å². The molecule has 0 aromatic carbocycles. The monoisotopic (exact) mass is 742 g/mol. The highest BCUT2D eigenvalue weighted by molar-refractivity contribution is 5.76. The number of rotatable bonds is 36. The Morgan fingerprint density at radius 1 is 0.635 bits per heavy atom. The number of ether oxygens (including phenoxy) is 2. The van der Waals surface area contributed by atoms with E-state index >= 15 is 0 Å². The summed E-state index contributed by atoms with van der Waals surface area (Å²) in [5, 5.41) is 54.1. The molecule has 0 spiro atoms. The molecule has 7 unspecified atom stereocenters. The summed E-state index contributed by atoms with van der Waals surface area (Å²) < 4.78 is 11.2. The van der Waals surface area contributed by atoms with E-state index in [0.717, 1.165) is 38.5 Å². The van der Waals surface area contributed by atoms with Crippen LogP contribution in [0.25, 0.3) is 0 Å². The normalized spacial score (nSPS) is 21.9. The van der Waals surface area contributed by atoms with Gasteiger partial charge in [0.25, 0.3) is 0 Å². The summed E-state index contributed by atoms with van der Waals surface area (Å²) in [6, 6.07) is -0.797. The van der Waals surface area contributed by atoms with Gasteiger partial charge in [-0.15, -0.1) is 0 Å². The maximum atomic E-state index is 12.9. The molecule has 0 aliphatic carbocycles. The molecule has 1 saturated heterocycles. The first-order valence-corrected chi connectivity index (χ1v) is 21.9. The molecule has 7 atom stereocenters. The van der Waals surface area contributed by atoms with Crippen molar-refractivity contribution < 1.29 is 39.8 Å². The molecule has 0 bridgehead atoms. The van der Waals surface area contributed by atoms with Crippen LogP contribution in [0.5, 0.6) is 0 Å². The highest BCUT2D eigenvalue weighted by Gasteiger charge is 2.44. The first kappa shape index (κ1) is 48.9. The Morgan fingerprint density at radius 3 is 1.50 bits per heavy atom. The number of aliphatic hydroxyl groups is 5. The van der Waals surface area contributed by atoms with Gasteiger partial charge in [-0.05, 0) is 19.3 Å². The van der Waals surface area contributed by atoms with Crippen molar-refractivity contribution in [1.82, 2.24) is 5.32 Å². The summed E-state index contributed by atoms with van der Waals surface area (Å²) in [6.07, 6.45) is 31.0. The van der Waals surface area contributed by atoms with E-state index < -0.39 is 49.5 Å². The number of hydrogen-bond donors (Lipinski definition) is 6. The van der Waals surface area contributed by atoms with E-state index in [0.29, 0.717) is 6.42 Å². The summed E-state index contributed by atoms with van der Waals surface area (Å²) in [4.78, 5) is 12.9. The van der Waals surface area contributed by atoms with Gasteiger partial charge in [0.1, 0.15) is 24.4 Å². The second-order valence-corrected chi connectivity index (χ2v) is 15.5. The van der Waals surface area contributed by atoms with Crippen molar-refractivity contribution in [2.24, 2.45) is 0 Å². The molecule has 1 aliphatic rings. The van der Waals surface area contributed by atoms with Crippen molar-refractivity contribution in [3.05, 3.63) is 12.2 Å². The molecule has 1 heterocycles. The lowest BCUT2D eigenvalue weighted by Crippen LogP contribution is -2.60. The van der Waals surface area contributed by atoms with Gasteiger partial charge < -0.3 is 40.3 Å². The Bertz CT molecular complexity index is 827. The minimum atomic E-state index is -1.56. The number of nitrogens with one attached hydrogen (secondary N) is 1. The number of carbonyl (C=O) groups is 1. The minimum absolute atomic E-state index is 0.176. The fourth-order valence-corrected chi connectivity index (χ4v) is 7.04. The van der Waals surface area contributed by atoms with E-state index in [1.54, 1.807) is 6.08 Å². The number of unbranched alkanes of at least 4 members (excludes halogenated alkanes) is 26. The molecular formula is C43H83NO8. The molecule has 9 nitrogen and oxygen atoms in total. The predicted molar refractivity (Wildman–Crippen MR) is 212 cm³/mol. The fraction of sp³-hybridized carbons (Fsp3) is 0.930. The van der Waals surface area contributed by atoms with Crippen molar-refractivity contribution in [2.75, 3.05) is 13.2 Å². The number of hydrogen-bond acceptors (Lipinski definition) is 8. The third-order valence-electron chi connectivity index (χ3n) is 10.6. The third kappa shape index (κ3) is 25.1. The van der Waals surface area contributed by atoms with Crippen LogP contribution in [0, 0.1) is 0 Å². The van der Waals surface area contributed by atoms with Crippen molar-refractivity contribution in [3.63, 3.8) is 0 Å². The molecule has 0 saturated carbocycles. The van der Waals surface area contributed by atoms with E-state index in [1.807, 2.05) is 6.08 Å². The molecular weight excluding hydrogens is 658 g/mol. The largest absolute Gasteiger partial charge is 0.394 e. The zero-order valence-corrected chi connectivity index (χ0v) is 33.6. The van der Waals surface area contributed by atoms with Crippen LogP contribution in [0.2, 0.25) is 0 Å². The van der Waals surface area contributed by atoms with E-state index in [2.05, 4.69) is 19.2 Å². The Balaban J connectivity index is 2.39. The maximum absolute atomic E-state index is 12.9. The first-order chi connectivity index (χ1) is 25.3. The highest BCUT2D eigenvalue weighted by Crippen LogP contribution is 2.22. The minimum Gasteiger partial charge on any atom is -0.394 e. The molecule has 1 aliphatic heterocycles. The molecule has 0 radical (unpaired) electrons. The average Bonchev–Trinajstić information content (AvgIpc) is 3.14. The second-order valence-electron chi connectivity index (χ2n) is 15.5. The van der Waals surface area contributed by atoms with Crippen LogP contribution in [-0.4, -0.2) is 87.5 Å². The molecule has 1 amide bonds. The Morgan fingerprint density at radius 2 is 1.06 bits per heavy atom. The van der Waals surface area contributed by atoms with Crippen molar-refractivity contribution in [2.45, 2.75) is 243 Å². The summed E-state index contributed by atoms with van der Waals surface area (Å²) in [5.41, 5.74) is 0. The lowest BCUT2D eigenvalue weighted by molar-refractivity contribution is -0.302. The van der Waals surface area contributed by atoms with E-state index in [4.69, 9.17) is 9.47 Å². The quantitative estimate of drug-likeness (QED) is 0.0277. The van der Waals surface area contributed by atoms with Crippen LogP contribution in [-0.2, 0) is 14.3 Å². The van der Waals surface area contributed by atoms with Gasteiger partial charge >= 0.3 is 0 Å². The van der Waals surface area contributed by atoms with E-state index in [9.17, 15) is 30.3 Å². The standard InChI is InChI=1S/C43H83NO8/c1-3-5-7-9-11-13-15-17-19-20-22-24-26-28-30-32-37(46)36(35-51-43-42(50)41(49)40(48)38(34-45)52-43)44-39(47)33-31-29-27-25-23-21-18-16-14-12-10-8-6-4-2/h30,32,36-38,40-43,45-46,48-50H,3-29,31,33-35H2,1-2H3,(H,44,47)/b32-30+. The van der Waals surface area contributed by atoms with Crippen molar-refractivity contribution >= 4 is 5.91 Å². The predicted octanol–water partition coefficient (Wildman–Crippen LogP) is 8.56. The summed E-state index contributed by atoms with van der Waals surface area (Å²) in [6.45, 7) is 3.77. The SMILES string of the molecule is CCCCCCCCCCCCCCC/C=C/C(O)C(COC1OC(CO)C(O)C(O)C1O)NC(=O)CCCCCCCCCCCCCCCC. The van der Waals surface area contributed by atoms with Crippen LogP contribution in [0.4, 0.5) is 0 Å². The molecule has 0 aromatic rings. The number of carbonyl (C=O) groups excluding carboxylic acids is 1. The Hall–Kier alpha value is -1.07. The zero-order valence-electron chi connectivity index (χ0n) is 33.6. The van der Waals surface area contributed by atoms with Crippen molar-refractivity contribution in [3.8, 4) is 0 Å². The smallest absolute Gasteiger partial charge is 0.220 e. The fourth-order valence-electron chi connectivity index (χ4n) is 7.04. The molecule has 0 aromatic heterocycles. The Kier molecular flexibility index (Phi) is 32.4. The van der Waals surface area contributed by atoms with Crippen LogP contribution in [0.15, 0.2) is 12.2 Å². The van der Waals surface area contributed by atoms with Crippen LogP contribution >= 0.6 is 0 Å². The Labute approximate surface area is 318 Å². The number of aliphatic hydroxyl groups excluding tert-OH is 5. The van der Waals surface area contributed by atoms with Gasteiger partial charge in [0.2, 0.25) is 5.91 Å². The third-order valence-corrected chi connectivity index (χ3v) is 10.6. The van der Waals surface area contributed by atoms with E-state index in [1.165, 1.54) is 141 Å². The lowest BCUT2D eigenvalue weighted by Gasteiger charge is -2.40. The zero-order chi connectivity index (χ0) is 38.1. The van der Waals surface area contributed by atoms with Gasteiger partial charge in [-0.1, -0.05) is 187 Å². The first-order valence-electron chi connectivity index (χ1n) is 21.9. The van der Waals surface area contributed by atoms with Gasteiger partial charge in [-0.3, -0.25) is 4.79 Å². The van der Waals surface area contributed by atoms with Crippen LogP contribution < -0.4 is 5.32 Å². The van der Waals surface area contributed by atoms with Crippen LogP contribution in [0.3, 0.4) is 0 Å². The van der Waals surface area contributed by atoms with Gasteiger partial charge in [-0.25, -0.2) is 0 Å². The van der Waals surface area contributed by atoms with Gasteiger partial charge in [0.05, 0.1) is 25.4 Å². The molecule has 6 N–H and O–H groups in total. The lowest BCUT2D eigenvalue weighted by atomic mass is 9.99. The highest BCUT2D eigenvalue weighted by atomic mass is 16.7. The second kappa shape index (κ2) is 34.4.